The van der Waals surface area contributed by atoms with E-state index < -0.39 is 0 Å². The average molecular weight is 289 g/mol. The summed E-state index contributed by atoms with van der Waals surface area (Å²) >= 11 is 0. The number of hydrogen-bond donors (Lipinski definition) is 0. The maximum atomic E-state index is 9.15. The van der Waals surface area contributed by atoms with E-state index in [4.69, 9.17) is 9.78 Å². The van der Waals surface area contributed by atoms with E-state index in [2.05, 4.69) is 54.0 Å². The van der Waals surface area contributed by atoms with Crippen molar-refractivity contribution in [1.82, 2.24) is 19.9 Å². The molecule has 1 aliphatic carbocycles. The predicted octanol–water partition coefficient (Wildman–Crippen LogP) is 1.12. The summed E-state index contributed by atoms with van der Waals surface area (Å²) in [5, 5.41) is 13.3. The minimum atomic E-state index is -0.0413. The molecule has 0 amide bonds. The highest BCUT2D eigenvalue weighted by Crippen LogP contribution is 2.63. The Kier molecular flexibility index (Phi) is 3.50. The molecule has 1 aliphatic heterocycles. The summed E-state index contributed by atoms with van der Waals surface area (Å²) in [6, 6.07) is 2.76. The SMILES string of the molecule is CN1CCN(C)C(Cc2noc(C3C(C#N)C3(C)C)n2)C1. The molecule has 1 saturated heterocycles. The molecule has 0 aromatic carbocycles. The lowest BCUT2D eigenvalue weighted by atomic mass is 10.1. The first kappa shape index (κ1) is 14.5. The van der Waals surface area contributed by atoms with Crippen LogP contribution in [0.4, 0.5) is 0 Å². The van der Waals surface area contributed by atoms with Gasteiger partial charge in [0.15, 0.2) is 5.82 Å². The lowest BCUT2D eigenvalue weighted by Gasteiger charge is -2.37. The molecule has 2 aliphatic rings. The largest absolute Gasteiger partial charge is 0.339 e. The lowest BCUT2D eigenvalue weighted by molar-refractivity contribution is 0.113. The fraction of sp³-hybridized carbons (Fsp3) is 0.800. The number of piperazine rings is 1. The van der Waals surface area contributed by atoms with E-state index in [1.165, 1.54) is 0 Å². The van der Waals surface area contributed by atoms with Crippen molar-refractivity contribution in [3.8, 4) is 6.07 Å². The van der Waals surface area contributed by atoms with E-state index in [9.17, 15) is 0 Å². The van der Waals surface area contributed by atoms with Gasteiger partial charge < -0.3 is 14.3 Å². The molecule has 0 radical (unpaired) electrons. The fourth-order valence-electron chi connectivity index (χ4n) is 3.35. The Morgan fingerprint density at radius 3 is 2.81 bits per heavy atom. The number of aromatic nitrogens is 2. The van der Waals surface area contributed by atoms with Crippen LogP contribution < -0.4 is 0 Å². The van der Waals surface area contributed by atoms with Crippen LogP contribution in [-0.2, 0) is 6.42 Å². The molecule has 1 aromatic heterocycles. The van der Waals surface area contributed by atoms with E-state index in [-0.39, 0.29) is 17.3 Å². The van der Waals surface area contributed by atoms with Gasteiger partial charge in [-0.3, -0.25) is 0 Å². The van der Waals surface area contributed by atoms with Crippen molar-refractivity contribution < 1.29 is 4.52 Å². The normalized spacial score (nSPS) is 32.8. The Morgan fingerprint density at radius 2 is 2.14 bits per heavy atom. The quantitative estimate of drug-likeness (QED) is 0.830. The third-order valence-electron chi connectivity index (χ3n) is 5.11. The van der Waals surface area contributed by atoms with Crippen molar-refractivity contribution in [3.05, 3.63) is 11.7 Å². The maximum absolute atomic E-state index is 9.15. The first-order valence-electron chi connectivity index (χ1n) is 7.54. The van der Waals surface area contributed by atoms with Crippen molar-refractivity contribution in [2.24, 2.45) is 11.3 Å². The van der Waals surface area contributed by atoms with Crippen molar-refractivity contribution in [2.75, 3.05) is 33.7 Å². The summed E-state index contributed by atoms with van der Waals surface area (Å²) < 4.78 is 5.42. The summed E-state index contributed by atoms with van der Waals surface area (Å²) in [6.45, 7) is 7.36. The van der Waals surface area contributed by atoms with Gasteiger partial charge >= 0.3 is 0 Å². The van der Waals surface area contributed by atoms with E-state index in [1.54, 1.807) is 0 Å². The van der Waals surface area contributed by atoms with Gasteiger partial charge in [-0.1, -0.05) is 19.0 Å². The second-order valence-corrected chi connectivity index (χ2v) is 7.06. The van der Waals surface area contributed by atoms with Gasteiger partial charge in [0.2, 0.25) is 5.89 Å². The van der Waals surface area contributed by atoms with Crippen molar-refractivity contribution >= 4 is 0 Å². The fourth-order valence-corrected chi connectivity index (χ4v) is 3.35. The molecule has 6 heteroatoms. The smallest absolute Gasteiger partial charge is 0.231 e. The van der Waals surface area contributed by atoms with Gasteiger partial charge in [-0.25, -0.2) is 0 Å². The molecule has 21 heavy (non-hydrogen) atoms. The molecule has 6 nitrogen and oxygen atoms in total. The number of nitrogens with zero attached hydrogens (tertiary/aromatic N) is 5. The molecule has 3 rings (SSSR count). The zero-order chi connectivity index (χ0) is 15.2. The molecule has 2 fully saturated rings. The van der Waals surface area contributed by atoms with Crippen LogP contribution in [0.1, 0.15) is 31.5 Å². The van der Waals surface area contributed by atoms with Crippen LogP contribution >= 0.6 is 0 Å². The van der Waals surface area contributed by atoms with E-state index in [0.717, 1.165) is 31.9 Å². The molecule has 1 aromatic rings. The number of rotatable bonds is 3. The van der Waals surface area contributed by atoms with Gasteiger partial charge in [0.05, 0.1) is 17.9 Å². The Balaban J connectivity index is 1.68. The number of nitriles is 1. The van der Waals surface area contributed by atoms with Gasteiger partial charge in [0.1, 0.15) is 0 Å². The highest BCUT2D eigenvalue weighted by atomic mass is 16.5. The third kappa shape index (κ3) is 2.56. The highest BCUT2D eigenvalue weighted by Gasteiger charge is 2.62. The summed E-state index contributed by atoms with van der Waals surface area (Å²) in [5.74, 6) is 1.48. The van der Waals surface area contributed by atoms with E-state index in [0.29, 0.717) is 11.9 Å². The summed E-state index contributed by atoms with van der Waals surface area (Å²) in [6.07, 6.45) is 0.800. The Hall–Kier alpha value is -1.45. The first-order chi connectivity index (χ1) is 9.93. The molecule has 1 saturated carbocycles. The highest BCUT2D eigenvalue weighted by molar-refractivity contribution is 5.26. The van der Waals surface area contributed by atoms with Gasteiger partial charge in [-0.2, -0.15) is 10.2 Å². The molecule has 2 heterocycles. The van der Waals surface area contributed by atoms with Gasteiger partial charge in [-0.05, 0) is 19.5 Å². The average Bonchev–Trinajstić information content (AvgIpc) is 2.78. The third-order valence-corrected chi connectivity index (χ3v) is 5.11. The Morgan fingerprint density at radius 1 is 1.38 bits per heavy atom. The molecule has 0 bridgehead atoms. The summed E-state index contributed by atoms with van der Waals surface area (Å²) in [4.78, 5) is 9.24. The van der Waals surface area contributed by atoms with Crippen LogP contribution in [0.3, 0.4) is 0 Å². The van der Waals surface area contributed by atoms with Gasteiger partial charge in [0, 0.05) is 32.1 Å². The van der Waals surface area contributed by atoms with Crippen molar-refractivity contribution in [2.45, 2.75) is 32.2 Å². The summed E-state index contributed by atoms with van der Waals surface area (Å²) in [7, 11) is 4.29. The second kappa shape index (κ2) is 5.08. The van der Waals surface area contributed by atoms with Crippen LogP contribution in [-0.4, -0.2) is 59.7 Å². The lowest BCUT2D eigenvalue weighted by Crippen LogP contribution is -2.50. The molecular formula is C15H23N5O. The molecule has 0 spiro atoms. The Labute approximate surface area is 125 Å². The van der Waals surface area contributed by atoms with Gasteiger partial charge in [0.25, 0.3) is 0 Å². The van der Waals surface area contributed by atoms with Crippen LogP contribution in [0.2, 0.25) is 0 Å². The minimum Gasteiger partial charge on any atom is -0.339 e. The predicted molar refractivity (Wildman–Crippen MR) is 77.5 cm³/mol. The topological polar surface area (TPSA) is 69.2 Å². The molecule has 0 N–H and O–H groups in total. The first-order valence-corrected chi connectivity index (χ1v) is 7.54. The zero-order valence-corrected chi connectivity index (χ0v) is 13.2. The van der Waals surface area contributed by atoms with E-state index >= 15 is 0 Å². The zero-order valence-electron chi connectivity index (χ0n) is 13.2. The van der Waals surface area contributed by atoms with E-state index in [1.807, 2.05) is 0 Å². The molecule has 3 atom stereocenters. The molecule has 3 unspecified atom stereocenters. The summed E-state index contributed by atoms with van der Waals surface area (Å²) in [5.41, 5.74) is -0.0413. The standard InChI is InChI=1S/C15H23N5O/c1-15(2)11(8-16)13(15)14-17-12(18-21-14)7-10-9-19(3)5-6-20(10)4/h10-11,13H,5-7,9H2,1-4H3. The van der Waals surface area contributed by atoms with Crippen molar-refractivity contribution in [1.29, 1.82) is 5.26 Å². The van der Waals surface area contributed by atoms with Crippen LogP contribution in [0.25, 0.3) is 0 Å². The maximum Gasteiger partial charge on any atom is 0.231 e. The number of likely N-dealkylation sites (N-methyl/N-ethyl adjacent to an activating group) is 2. The second-order valence-electron chi connectivity index (χ2n) is 7.06. The monoisotopic (exact) mass is 289 g/mol. The minimum absolute atomic E-state index is 0.00529. The van der Waals surface area contributed by atoms with Crippen LogP contribution in [0, 0.1) is 22.7 Å². The van der Waals surface area contributed by atoms with Crippen molar-refractivity contribution in [3.63, 3.8) is 0 Å². The van der Waals surface area contributed by atoms with Crippen LogP contribution in [0.5, 0.6) is 0 Å². The molecule has 114 valence electrons. The van der Waals surface area contributed by atoms with Gasteiger partial charge in [-0.15, -0.1) is 0 Å². The Bertz CT molecular complexity index is 561. The number of hydrogen-bond acceptors (Lipinski definition) is 6. The van der Waals surface area contributed by atoms with Crippen LogP contribution in [0.15, 0.2) is 4.52 Å². The molecular weight excluding hydrogens is 266 g/mol.